The minimum atomic E-state index is 1.09. The Kier molecular flexibility index (Phi) is 3.77. The summed E-state index contributed by atoms with van der Waals surface area (Å²) in [6.07, 6.45) is 5.75. The highest BCUT2D eigenvalue weighted by Gasteiger charge is 1.97. The van der Waals surface area contributed by atoms with Crippen LogP contribution in [0.15, 0.2) is 73.3 Å². The van der Waals surface area contributed by atoms with Crippen molar-refractivity contribution < 1.29 is 0 Å². The third-order valence-electron chi connectivity index (χ3n) is 2.43. The van der Waals surface area contributed by atoms with Gasteiger partial charge in [-0.2, -0.15) is 0 Å². The standard InChI is InChI=1S/C16H15N/c1-2-3-9-14-10-7-8-13-16(14)17-15-11-5-4-6-12-15/h2-13,17H,1H2/b9-3-. The second kappa shape index (κ2) is 5.71. The van der Waals surface area contributed by atoms with E-state index in [4.69, 9.17) is 0 Å². The van der Waals surface area contributed by atoms with Crippen molar-refractivity contribution in [2.45, 2.75) is 0 Å². The van der Waals surface area contributed by atoms with E-state index >= 15 is 0 Å². The van der Waals surface area contributed by atoms with Gasteiger partial charge in [-0.25, -0.2) is 0 Å². The van der Waals surface area contributed by atoms with Crippen LogP contribution in [0.5, 0.6) is 0 Å². The van der Waals surface area contributed by atoms with Crippen LogP contribution in [0.4, 0.5) is 11.4 Å². The molecular weight excluding hydrogens is 206 g/mol. The maximum Gasteiger partial charge on any atom is 0.0457 e. The van der Waals surface area contributed by atoms with Gasteiger partial charge in [0.05, 0.1) is 0 Å². The number of allylic oxidation sites excluding steroid dienone is 2. The normalized spacial score (nSPS) is 10.4. The van der Waals surface area contributed by atoms with Gasteiger partial charge in [-0.1, -0.05) is 61.2 Å². The molecule has 0 unspecified atom stereocenters. The summed E-state index contributed by atoms with van der Waals surface area (Å²) in [5.74, 6) is 0. The Morgan fingerprint density at radius 1 is 0.882 bits per heavy atom. The van der Waals surface area contributed by atoms with Crippen molar-refractivity contribution in [1.82, 2.24) is 0 Å². The summed E-state index contributed by atoms with van der Waals surface area (Å²) in [6.45, 7) is 3.68. The quantitative estimate of drug-likeness (QED) is 0.742. The number of benzene rings is 2. The molecule has 2 aromatic rings. The first kappa shape index (κ1) is 11.2. The van der Waals surface area contributed by atoms with Crippen LogP contribution in [0.25, 0.3) is 6.08 Å². The van der Waals surface area contributed by atoms with Gasteiger partial charge < -0.3 is 5.32 Å². The Morgan fingerprint density at radius 3 is 2.35 bits per heavy atom. The van der Waals surface area contributed by atoms with E-state index in [0.717, 1.165) is 16.9 Å². The molecule has 0 atom stereocenters. The van der Waals surface area contributed by atoms with E-state index in [0.29, 0.717) is 0 Å². The Labute approximate surface area is 102 Å². The van der Waals surface area contributed by atoms with Crippen molar-refractivity contribution in [1.29, 1.82) is 0 Å². The lowest BCUT2D eigenvalue weighted by molar-refractivity contribution is 1.53. The fraction of sp³-hybridized carbons (Fsp3) is 0. The van der Waals surface area contributed by atoms with Crippen molar-refractivity contribution in [3.05, 3.63) is 78.9 Å². The molecular formula is C16H15N. The minimum Gasteiger partial charge on any atom is -0.355 e. The molecule has 0 aliphatic rings. The number of rotatable bonds is 4. The average Bonchev–Trinajstić information content (AvgIpc) is 2.39. The molecule has 0 amide bonds. The molecule has 0 aliphatic carbocycles. The molecule has 0 heterocycles. The summed E-state index contributed by atoms with van der Waals surface area (Å²) in [5, 5.41) is 3.40. The van der Waals surface area contributed by atoms with Gasteiger partial charge in [0.15, 0.2) is 0 Å². The van der Waals surface area contributed by atoms with Crippen LogP contribution in [-0.4, -0.2) is 0 Å². The third kappa shape index (κ3) is 3.08. The summed E-state index contributed by atoms with van der Waals surface area (Å²) in [5.41, 5.74) is 3.33. The first-order valence-corrected chi connectivity index (χ1v) is 5.60. The molecule has 2 aromatic carbocycles. The molecule has 0 aliphatic heterocycles. The minimum absolute atomic E-state index is 1.09. The first-order chi connectivity index (χ1) is 8.40. The van der Waals surface area contributed by atoms with E-state index < -0.39 is 0 Å². The molecule has 0 saturated heterocycles. The summed E-state index contributed by atoms with van der Waals surface area (Å²) in [6, 6.07) is 18.3. The van der Waals surface area contributed by atoms with Gasteiger partial charge in [0, 0.05) is 11.4 Å². The lowest BCUT2D eigenvalue weighted by Gasteiger charge is -2.09. The van der Waals surface area contributed by atoms with Crippen LogP contribution in [0.2, 0.25) is 0 Å². The highest BCUT2D eigenvalue weighted by molar-refractivity contribution is 5.72. The second-order valence-electron chi connectivity index (χ2n) is 3.67. The molecule has 1 heteroatoms. The van der Waals surface area contributed by atoms with Crippen molar-refractivity contribution in [2.24, 2.45) is 0 Å². The van der Waals surface area contributed by atoms with E-state index in [1.165, 1.54) is 0 Å². The lowest BCUT2D eigenvalue weighted by Crippen LogP contribution is -1.91. The van der Waals surface area contributed by atoms with Crippen LogP contribution in [0.3, 0.4) is 0 Å². The number of hydrogen-bond donors (Lipinski definition) is 1. The molecule has 0 bridgehead atoms. The zero-order valence-corrected chi connectivity index (χ0v) is 9.64. The highest BCUT2D eigenvalue weighted by atomic mass is 14.9. The Hall–Kier alpha value is -2.28. The Balaban J connectivity index is 2.26. The molecule has 84 valence electrons. The van der Waals surface area contributed by atoms with Crippen LogP contribution < -0.4 is 5.32 Å². The van der Waals surface area contributed by atoms with Crippen LogP contribution in [0.1, 0.15) is 5.56 Å². The van der Waals surface area contributed by atoms with E-state index in [1.807, 2.05) is 54.6 Å². The predicted octanol–water partition coefficient (Wildman–Crippen LogP) is 4.63. The molecule has 0 saturated carbocycles. The molecule has 1 nitrogen and oxygen atoms in total. The zero-order valence-electron chi connectivity index (χ0n) is 9.64. The zero-order chi connectivity index (χ0) is 11.9. The molecule has 0 fully saturated rings. The number of hydrogen-bond acceptors (Lipinski definition) is 1. The van der Waals surface area contributed by atoms with Crippen LogP contribution in [0, 0.1) is 0 Å². The number of para-hydroxylation sites is 2. The van der Waals surface area contributed by atoms with E-state index in [2.05, 4.69) is 24.0 Å². The van der Waals surface area contributed by atoms with E-state index in [-0.39, 0.29) is 0 Å². The largest absolute Gasteiger partial charge is 0.355 e. The van der Waals surface area contributed by atoms with Gasteiger partial charge >= 0.3 is 0 Å². The maximum atomic E-state index is 3.68. The Morgan fingerprint density at radius 2 is 1.59 bits per heavy atom. The van der Waals surface area contributed by atoms with Gasteiger partial charge in [-0.05, 0) is 23.8 Å². The number of anilines is 2. The summed E-state index contributed by atoms with van der Waals surface area (Å²) >= 11 is 0. The van der Waals surface area contributed by atoms with Gasteiger partial charge in [0.1, 0.15) is 0 Å². The molecule has 2 rings (SSSR count). The van der Waals surface area contributed by atoms with Gasteiger partial charge in [-0.3, -0.25) is 0 Å². The monoisotopic (exact) mass is 221 g/mol. The SMILES string of the molecule is C=C/C=C\c1ccccc1Nc1ccccc1. The first-order valence-electron chi connectivity index (χ1n) is 5.60. The van der Waals surface area contributed by atoms with Gasteiger partial charge in [0.25, 0.3) is 0 Å². The van der Waals surface area contributed by atoms with E-state index in [9.17, 15) is 0 Å². The fourth-order valence-corrected chi connectivity index (χ4v) is 1.60. The van der Waals surface area contributed by atoms with Gasteiger partial charge in [-0.15, -0.1) is 0 Å². The smallest absolute Gasteiger partial charge is 0.0457 e. The topological polar surface area (TPSA) is 12.0 Å². The second-order valence-corrected chi connectivity index (χ2v) is 3.67. The Bertz CT molecular complexity index is 512. The lowest BCUT2D eigenvalue weighted by atomic mass is 10.1. The molecule has 0 radical (unpaired) electrons. The van der Waals surface area contributed by atoms with Crippen molar-refractivity contribution in [3.63, 3.8) is 0 Å². The average molecular weight is 221 g/mol. The van der Waals surface area contributed by atoms with Crippen molar-refractivity contribution >= 4 is 17.5 Å². The van der Waals surface area contributed by atoms with Crippen molar-refractivity contribution in [3.8, 4) is 0 Å². The molecule has 1 N–H and O–H groups in total. The fourth-order valence-electron chi connectivity index (χ4n) is 1.60. The van der Waals surface area contributed by atoms with Crippen LogP contribution in [-0.2, 0) is 0 Å². The van der Waals surface area contributed by atoms with Gasteiger partial charge in [0.2, 0.25) is 0 Å². The van der Waals surface area contributed by atoms with Crippen molar-refractivity contribution in [2.75, 3.05) is 5.32 Å². The van der Waals surface area contributed by atoms with E-state index in [1.54, 1.807) is 6.08 Å². The third-order valence-corrected chi connectivity index (χ3v) is 2.43. The summed E-state index contributed by atoms with van der Waals surface area (Å²) in [7, 11) is 0. The van der Waals surface area contributed by atoms with Crippen LogP contribution >= 0.6 is 0 Å². The highest BCUT2D eigenvalue weighted by Crippen LogP contribution is 2.21. The predicted molar refractivity (Wildman–Crippen MR) is 75.4 cm³/mol. The summed E-state index contributed by atoms with van der Waals surface area (Å²) < 4.78 is 0. The maximum absolute atomic E-state index is 3.68. The molecule has 0 spiro atoms. The molecule has 0 aromatic heterocycles. The molecule has 17 heavy (non-hydrogen) atoms. The number of nitrogens with one attached hydrogen (secondary N) is 1. The summed E-state index contributed by atoms with van der Waals surface area (Å²) in [4.78, 5) is 0.